The second kappa shape index (κ2) is 5.28. The van der Waals surface area contributed by atoms with Crippen LogP contribution in [-0.2, 0) is 12.7 Å². The van der Waals surface area contributed by atoms with Gasteiger partial charge in [-0.1, -0.05) is 11.6 Å². The van der Waals surface area contributed by atoms with E-state index in [0.29, 0.717) is 12.1 Å². The predicted molar refractivity (Wildman–Crippen MR) is 64.3 cm³/mol. The number of piperazine rings is 1. The molecule has 1 aromatic carbocycles. The Hall–Kier alpha value is -1.07. The van der Waals surface area contributed by atoms with Crippen molar-refractivity contribution in [2.45, 2.75) is 19.6 Å². The first-order valence-corrected chi connectivity index (χ1v) is 6.06. The second-order valence-electron chi connectivity index (χ2n) is 4.73. The van der Waals surface area contributed by atoms with E-state index in [2.05, 4.69) is 10.2 Å². The average molecular weight is 258 g/mol. The molecule has 0 unspecified atom stereocenters. The van der Waals surface area contributed by atoms with Gasteiger partial charge in [-0.3, -0.25) is 4.90 Å². The third kappa shape index (κ3) is 3.46. The lowest BCUT2D eigenvalue weighted by Gasteiger charge is -2.27. The van der Waals surface area contributed by atoms with E-state index in [-0.39, 0.29) is 0 Å². The predicted octanol–water partition coefficient (Wildman–Crippen LogP) is 2.42. The Balaban J connectivity index is 2.14. The highest BCUT2D eigenvalue weighted by molar-refractivity contribution is 5.31. The number of alkyl halides is 3. The second-order valence-corrected chi connectivity index (χ2v) is 4.73. The Morgan fingerprint density at radius 2 is 1.83 bits per heavy atom. The van der Waals surface area contributed by atoms with Gasteiger partial charge in [0, 0.05) is 32.7 Å². The van der Waals surface area contributed by atoms with Crippen molar-refractivity contribution in [2.75, 3.05) is 26.2 Å². The highest BCUT2D eigenvalue weighted by atomic mass is 19.4. The average Bonchev–Trinajstić information content (AvgIpc) is 2.28. The maximum absolute atomic E-state index is 12.7. The molecule has 0 aromatic heterocycles. The molecule has 0 saturated carbocycles. The minimum absolute atomic E-state index is 0.548. The van der Waals surface area contributed by atoms with E-state index >= 15 is 0 Å². The quantitative estimate of drug-likeness (QED) is 0.876. The van der Waals surface area contributed by atoms with Crippen LogP contribution in [0.5, 0.6) is 0 Å². The van der Waals surface area contributed by atoms with Crippen molar-refractivity contribution in [3.8, 4) is 0 Å². The number of nitrogens with one attached hydrogen (secondary N) is 1. The van der Waals surface area contributed by atoms with Crippen LogP contribution in [0.4, 0.5) is 13.2 Å². The van der Waals surface area contributed by atoms with Crippen molar-refractivity contribution in [1.29, 1.82) is 0 Å². The van der Waals surface area contributed by atoms with Crippen molar-refractivity contribution in [3.63, 3.8) is 0 Å². The molecule has 0 atom stereocenters. The SMILES string of the molecule is Cc1cc(CN2CCNCC2)cc(C(F)(F)F)c1. The third-order valence-electron chi connectivity index (χ3n) is 3.08. The summed E-state index contributed by atoms with van der Waals surface area (Å²) in [6.45, 7) is 5.86. The zero-order valence-corrected chi connectivity index (χ0v) is 10.3. The molecule has 0 bridgehead atoms. The monoisotopic (exact) mass is 258 g/mol. The third-order valence-corrected chi connectivity index (χ3v) is 3.08. The van der Waals surface area contributed by atoms with Gasteiger partial charge in [-0.2, -0.15) is 13.2 Å². The van der Waals surface area contributed by atoms with Crippen LogP contribution in [0.2, 0.25) is 0 Å². The lowest BCUT2D eigenvalue weighted by Crippen LogP contribution is -2.42. The van der Waals surface area contributed by atoms with Crippen LogP contribution in [-0.4, -0.2) is 31.1 Å². The van der Waals surface area contributed by atoms with Crippen LogP contribution in [0.15, 0.2) is 18.2 Å². The van der Waals surface area contributed by atoms with Gasteiger partial charge in [-0.15, -0.1) is 0 Å². The van der Waals surface area contributed by atoms with Gasteiger partial charge in [0.2, 0.25) is 0 Å². The van der Waals surface area contributed by atoms with E-state index in [1.807, 2.05) is 6.07 Å². The molecule has 100 valence electrons. The molecule has 2 nitrogen and oxygen atoms in total. The first kappa shape index (κ1) is 13.4. The van der Waals surface area contributed by atoms with Gasteiger partial charge >= 0.3 is 6.18 Å². The largest absolute Gasteiger partial charge is 0.416 e. The Morgan fingerprint density at radius 3 is 2.44 bits per heavy atom. The normalized spacial score (nSPS) is 18.0. The van der Waals surface area contributed by atoms with E-state index < -0.39 is 11.7 Å². The fourth-order valence-electron chi connectivity index (χ4n) is 2.24. The molecule has 1 N–H and O–H groups in total. The van der Waals surface area contributed by atoms with E-state index in [1.165, 1.54) is 12.1 Å². The summed E-state index contributed by atoms with van der Waals surface area (Å²) in [5.41, 5.74) is 0.854. The minimum Gasteiger partial charge on any atom is -0.314 e. The highest BCUT2D eigenvalue weighted by Crippen LogP contribution is 2.30. The lowest BCUT2D eigenvalue weighted by atomic mass is 10.1. The molecular formula is C13H17F3N2. The molecule has 2 rings (SSSR count). The fraction of sp³-hybridized carbons (Fsp3) is 0.538. The lowest BCUT2D eigenvalue weighted by molar-refractivity contribution is -0.137. The van der Waals surface area contributed by atoms with Gasteiger partial charge in [0.1, 0.15) is 0 Å². The van der Waals surface area contributed by atoms with Crippen LogP contribution in [0.3, 0.4) is 0 Å². The molecule has 1 aromatic rings. The molecule has 18 heavy (non-hydrogen) atoms. The summed E-state index contributed by atoms with van der Waals surface area (Å²) >= 11 is 0. The summed E-state index contributed by atoms with van der Waals surface area (Å²) in [6, 6.07) is 4.29. The molecular weight excluding hydrogens is 241 g/mol. The van der Waals surface area contributed by atoms with Gasteiger partial charge in [0.15, 0.2) is 0 Å². The molecule has 0 amide bonds. The molecule has 1 heterocycles. The maximum atomic E-state index is 12.7. The number of rotatable bonds is 2. The number of halogens is 3. The number of aryl methyl sites for hydroxylation is 1. The number of hydrogen-bond acceptors (Lipinski definition) is 2. The van der Waals surface area contributed by atoms with Gasteiger partial charge in [-0.05, 0) is 24.6 Å². The van der Waals surface area contributed by atoms with Gasteiger partial charge in [-0.25, -0.2) is 0 Å². The van der Waals surface area contributed by atoms with Crippen LogP contribution in [0.1, 0.15) is 16.7 Å². The zero-order valence-electron chi connectivity index (χ0n) is 10.3. The summed E-state index contributed by atoms with van der Waals surface area (Å²) in [5, 5.41) is 3.23. The minimum atomic E-state index is -4.26. The topological polar surface area (TPSA) is 15.3 Å². The molecule has 1 aliphatic heterocycles. The zero-order chi connectivity index (χ0) is 13.2. The molecule has 0 spiro atoms. The number of nitrogens with zero attached hydrogens (tertiary/aromatic N) is 1. The Kier molecular flexibility index (Phi) is 3.92. The molecule has 5 heteroatoms. The van der Waals surface area contributed by atoms with Gasteiger partial charge < -0.3 is 5.32 Å². The molecule has 0 radical (unpaired) electrons. The standard InChI is InChI=1S/C13H17F3N2/c1-10-6-11(8-12(7-10)13(14,15)16)9-18-4-2-17-3-5-18/h6-8,17H,2-5,9H2,1H3. The van der Waals surface area contributed by atoms with E-state index in [0.717, 1.165) is 31.7 Å². The van der Waals surface area contributed by atoms with E-state index in [9.17, 15) is 13.2 Å². The Morgan fingerprint density at radius 1 is 1.17 bits per heavy atom. The molecule has 1 saturated heterocycles. The summed E-state index contributed by atoms with van der Waals surface area (Å²) in [7, 11) is 0. The van der Waals surface area contributed by atoms with Crippen molar-refractivity contribution < 1.29 is 13.2 Å². The molecule has 1 aliphatic rings. The van der Waals surface area contributed by atoms with Crippen LogP contribution >= 0.6 is 0 Å². The van der Waals surface area contributed by atoms with E-state index in [1.54, 1.807) is 6.92 Å². The number of benzene rings is 1. The van der Waals surface area contributed by atoms with E-state index in [4.69, 9.17) is 0 Å². The highest BCUT2D eigenvalue weighted by Gasteiger charge is 2.30. The summed E-state index contributed by atoms with van der Waals surface area (Å²) in [5.74, 6) is 0. The van der Waals surface area contributed by atoms with Crippen LogP contribution in [0.25, 0.3) is 0 Å². The fourth-order valence-corrected chi connectivity index (χ4v) is 2.24. The van der Waals surface area contributed by atoms with Crippen LogP contribution in [0, 0.1) is 6.92 Å². The Bertz CT molecular complexity index is 409. The van der Waals surface area contributed by atoms with Gasteiger partial charge in [0.05, 0.1) is 5.56 Å². The summed E-state index contributed by atoms with van der Waals surface area (Å²) in [4.78, 5) is 2.17. The molecule has 1 fully saturated rings. The number of hydrogen-bond donors (Lipinski definition) is 1. The first-order valence-electron chi connectivity index (χ1n) is 6.06. The molecule has 0 aliphatic carbocycles. The van der Waals surface area contributed by atoms with Crippen molar-refractivity contribution >= 4 is 0 Å². The first-order chi connectivity index (χ1) is 8.45. The van der Waals surface area contributed by atoms with Crippen LogP contribution < -0.4 is 5.32 Å². The van der Waals surface area contributed by atoms with Gasteiger partial charge in [0.25, 0.3) is 0 Å². The van der Waals surface area contributed by atoms with Crippen molar-refractivity contribution in [3.05, 3.63) is 34.9 Å². The van der Waals surface area contributed by atoms with Crippen molar-refractivity contribution in [1.82, 2.24) is 10.2 Å². The smallest absolute Gasteiger partial charge is 0.314 e. The summed E-state index contributed by atoms with van der Waals surface area (Å²) in [6.07, 6.45) is -4.26. The summed E-state index contributed by atoms with van der Waals surface area (Å²) < 4.78 is 38.1. The van der Waals surface area contributed by atoms with Crippen molar-refractivity contribution in [2.24, 2.45) is 0 Å². The maximum Gasteiger partial charge on any atom is 0.416 e. The Labute approximate surface area is 105 Å².